The zero-order valence-electron chi connectivity index (χ0n) is 15.8. The van der Waals surface area contributed by atoms with Gasteiger partial charge in [-0.15, -0.1) is 0 Å². The molecule has 0 aromatic heterocycles. The lowest BCUT2D eigenvalue weighted by Gasteiger charge is -2.29. The molecule has 0 saturated carbocycles. The van der Waals surface area contributed by atoms with Gasteiger partial charge in [0, 0.05) is 16.9 Å². The maximum atomic E-state index is 13.1. The van der Waals surface area contributed by atoms with E-state index in [1.54, 1.807) is 20.1 Å². The number of ether oxygens (including phenoxy) is 1. The van der Waals surface area contributed by atoms with Gasteiger partial charge in [-0.2, -0.15) is 0 Å². The van der Waals surface area contributed by atoms with Crippen LogP contribution in [0.5, 0.6) is 5.75 Å². The molecule has 0 fully saturated rings. The van der Waals surface area contributed by atoms with Crippen LogP contribution in [0.3, 0.4) is 0 Å². The minimum atomic E-state index is -0.610. The van der Waals surface area contributed by atoms with Crippen molar-refractivity contribution in [2.45, 2.75) is 26.8 Å². The number of methoxy groups -OCH3 is 1. The normalized spacial score (nSPS) is 16.4. The summed E-state index contributed by atoms with van der Waals surface area (Å²) in [5.74, 6) is 0.327. The molecule has 3 rings (SSSR count). The van der Waals surface area contributed by atoms with E-state index in [0.717, 1.165) is 16.7 Å². The maximum absolute atomic E-state index is 13.1. The maximum Gasteiger partial charge on any atom is 0.319 e. The number of rotatable bonds is 4. The summed E-state index contributed by atoms with van der Waals surface area (Å²) in [5, 5.41) is 8.44. The van der Waals surface area contributed by atoms with Crippen molar-refractivity contribution >= 4 is 17.6 Å². The van der Waals surface area contributed by atoms with Crippen LogP contribution < -0.4 is 20.7 Å². The van der Waals surface area contributed by atoms with E-state index in [1.165, 1.54) is 0 Å². The van der Waals surface area contributed by atoms with Crippen molar-refractivity contribution in [2.75, 3.05) is 12.4 Å². The topological polar surface area (TPSA) is 79.5 Å². The van der Waals surface area contributed by atoms with Crippen molar-refractivity contribution in [3.8, 4) is 5.75 Å². The van der Waals surface area contributed by atoms with Crippen LogP contribution in [0.25, 0.3) is 0 Å². The fourth-order valence-corrected chi connectivity index (χ4v) is 3.15. The lowest BCUT2D eigenvalue weighted by molar-refractivity contribution is -0.113. The first-order valence-electron chi connectivity index (χ1n) is 8.70. The van der Waals surface area contributed by atoms with Gasteiger partial charge in [0.1, 0.15) is 5.75 Å². The fraction of sp³-hybridized carbons (Fsp3) is 0.238. The highest BCUT2D eigenvalue weighted by atomic mass is 16.5. The molecule has 0 radical (unpaired) electrons. The van der Waals surface area contributed by atoms with Crippen LogP contribution in [0.15, 0.2) is 53.7 Å². The number of benzene rings is 2. The van der Waals surface area contributed by atoms with Crippen molar-refractivity contribution in [3.05, 3.63) is 70.4 Å². The van der Waals surface area contributed by atoms with Crippen LogP contribution in [0.4, 0.5) is 10.5 Å². The Kier molecular flexibility index (Phi) is 5.16. The molecule has 3 N–H and O–H groups in total. The summed E-state index contributed by atoms with van der Waals surface area (Å²) >= 11 is 0. The zero-order valence-corrected chi connectivity index (χ0v) is 15.8. The fourth-order valence-electron chi connectivity index (χ4n) is 3.15. The van der Waals surface area contributed by atoms with Gasteiger partial charge < -0.3 is 20.7 Å². The quantitative estimate of drug-likeness (QED) is 0.775. The zero-order chi connectivity index (χ0) is 19.6. The predicted octanol–water partition coefficient (Wildman–Crippen LogP) is 3.58. The van der Waals surface area contributed by atoms with E-state index in [1.807, 2.05) is 50.2 Å². The first-order chi connectivity index (χ1) is 12.9. The van der Waals surface area contributed by atoms with Gasteiger partial charge in [0.2, 0.25) is 0 Å². The summed E-state index contributed by atoms with van der Waals surface area (Å²) in [6.07, 6.45) is 0. The monoisotopic (exact) mass is 365 g/mol. The summed E-state index contributed by atoms with van der Waals surface area (Å²) in [5.41, 5.74) is 4.63. The molecule has 0 aliphatic carbocycles. The van der Waals surface area contributed by atoms with Crippen LogP contribution in [0.2, 0.25) is 0 Å². The Bertz CT molecular complexity index is 934. The molecule has 0 saturated heterocycles. The summed E-state index contributed by atoms with van der Waals surface area (Å²) in [4.78, 5) is 25.1. The predicted molar refractivity (Wildman–Crippen MR) is 105 cm³/mol. The van der Waals surface area contributed by atoms with Crippen LogP contribution in [-0.4, -0.2) is 19.0 Å². The first-order valence-corrected chi connectivity index (χ1v) is 8.70. The van der Waals surface area contributed by atoms with Crippen LogP contribution in [-0.2, 0) is 4.79 Å². The molecule has 140 valence electrons. The van der Waals surface area contributed by atoms with Crippen molar-refractivity contribution in [3.63, 3.8) is 0 Å². The van der Waals surface area contributed by atoms with Gasteiger partial charge in [0.25, 0.3) is 5.91 Å². The average molecular weight is 365 g/mol. The van der Waals surface area contributed by atoms with Crippen molar-refractivity contribution in [2.24, 2.45) is 0 Å². The third-order valence-corrected chi connectivity index (χ3v) is 4.73. The second-order valence-corrected chi connectivity index (χ2v) is 6.57. The van der Waals surface area contributed by atoms with E-state index >= 15 is 0 Å². The number of allylic oxidation sites excluding steroid dienone is 1. The molecule has 6 nitrogen and oxygen atoms in total. The molecule has 1 aliphatic heterocycles. The molecule has 0 spiro atoms. The van der Waals surface area contributed by atoms with E-state index in [0.29, 0.717) is 22.7 Å². The molecular weight excluding hydrogens is 342 g/mol. The van der Waals surface area contributed by atoms with Gasteiger partial charge in [-0.3, -0.25) is 4.79 Å². The number of nitrogens with one attached hydrogen (secondary N) is 3. The molecule has 0 bridgehead atoms. The number of carbonyl (C=O) groups is 2. The van der Waals surface area contributed by atoms with Crippen molar-refractivity contribution in [1.82, 2.24) is 10.6 Å². The Morgan fingerprint density at radius 3 is 2.52 bits per heavy atom. The van der Waals surface area contributed by atoms with E-state index in [9.17, 15) is 9.59 Å². The van der Waals surface area contributed by atoms with Crippen LogP contribution in [0, 0.1) is 13.8 Å². The molecule has 6 heteroatoms. The molecule has 1 heterocycles. The van der Waals surface area contributed by atoms with E-state index in [-0.39, 0.29) is 11.9 Å². The molecule has 27 heavy (non-hydrogen) atoms. The van der Waals surface area contributed by atoms with Gasteiger partial charge in [-0.1, -0.05) is 24.3 Å². The Labute approximate surface area is 158 Å². The molecule has 1 atom stereocenters. The number of para-hydroxylation sites is 1. The van der Waals surface area contributed by atoms with Crippen molar-refractivity contribution < 1.29 is 14.3 Å². The lowest BCUT2D eigenvalue weighted by atomic mass is 9.94. The third kappa shape index (κ3) is 3.79. The van der Waals surface area contributed by atoms with Gasteiger partial charge in [0.15, 0.2) is 0 Å². The summed E-state index contributed by atoms with van der Waals surface area (Å²) in [6.45, 7) is 5.73. The minimum Gasteiger partial charge on any atom is -0.496 e. The highest BCUT2D eigenvalue weighted by molar-refractivity contribution is 6.07. The van der Waals surface area contributed by atoms with Gasteiger partial charge in [-0.05, 0) is 50.1 Å². The smallest absolute Gasteiger partial charge is 0.319 e. The van der Waals surface area contributed by atoms with Gasteiger partial charge in [0.05, 0.1) is 18.7 Å². The SMILES string of the molecule is COc1ccccc1[C@H]1NC(=O)NC(C)=C1C(=O)Nc1ccc(C)c(C)c1. The van der Waals surface area contributed by atoms with Crippen LogP contribution in [0.1, 0.15) is 29.7 Å². The van der Waals surface area contributed by atoms with Gasteiger partial charge in [-0.25, -0.2) is 4.79 Å². The molecular formula is C21H23N3O3. The largest absolute Gasteiger partial charge is 0.496 e. The molecule has 2 aromatic carbocycles. The number of hydrogen-bond donors (Lipinski definition) is 3. The Morgan fingerprint density at radius 1 is 1.07 bits per heavy atom. The van der Waals surface area contributed by atoms with E-state index in [4.69, 9.17) is 4.74 Å². The first kappa shape index (κ1) is 18.5. The number of hydrogen-bond acceptors (Lipinski definition) is 3. The number of anilines is 1. The molecule has 0 unspecified atom stereocenters. The third-order valence-electron chi connectivity index (χ3n) is 4.73. The highest BCUT2D eigenvalue weighted by Crippen LogP contribution is 2.33. The van der Waals surface area contributed by atoms with Gasteiger partial charge >= 0.3 is 6.03 Å². The second kappa shape index (κ2) is 7.53. The summed E-state index contributed by atoms with van der Waals surface area (Å²) in [7, 11) is 1.56. The average Bonchev–Trinajstić information content (AvgIpc) is 2.64. The molecule has 3 amide bonds. The number of urea groups is 1. The standard InChI is InChI=1S/C21H23N3O3/c1-12-9-10-15(11-13(12)2)23-20(25)18-14(3)22-21(26)24-19(18)16-7-5-6-8-17(16)27-4/h5-11,19H,1-4H3,(H,23,25)(H2,22,24,26)/t19-/m1/s1. The minimum absolute atomic E-state index is 0.279. The highest BCUT2D eigenvalue weighted by Gasteiger charge is 2.32. The summed E-state index contributed by atoms with van der Waals surface area (Å²) in [6, 6.07) is 12.1. The van der Waals surface area contributed by atoms with E-state index < -0.39 is 6.04 Å². The molecule has 1 aliphatic rings. The Hall–Kier alpha value is -3.28. The number of aryl methyl sites for hydroxylation is 2. The number of amides is 3. The molecule has 2 aromatic rings. The number of carbonyl (C=O) groups excluding carboxylic acids is 2. The van der Waals surface area contributed by atoms with E-state index in [2.05, 4.69) is 16.0 Å². The second-order valence-electron chi connectivity index (χ2n) is 6.57. The lowest BCUT2D eigenvalue weighted by Crippen LogP contribution is -2.46. The summed E-state index contributed by atoms with van der Waals surface area (Å²) < 4.78 is 5.42. The van der Waals surface area contributed by atoms with Crippen LogP contribution >= 0.6 is 0 Å². The Morgan fingerprint density at radius 2 is 1.81 bits per heavy atom. The van der Waals surface area contributed by atoms with Crippen molar-refractivity contribution in [1.29, 1.82) is 0 Å². The Balaban J connectivity index is 1.98.